The van der Waals surface area contributed by atoms with Crippen molar-refractivity contribution in [1.29, 1.82) is 0 Å². The van der Waals surface area contributed by atoms with Crippen molar-refractivity contribution >= 4 is 11.7 Å². The van der Waals surface area contributed by atoms with Gasteiger partial charge in [-0.1, -0.05) is 0 Å². The number of nitrogens with zero attached hydrogens (tertiary/aromatic N) is 3. The fourth-order valence-corrected chi connectivity index (χ4v) is 2.75. The molecule has 1 aromatic rings. The second-order valence-electron chi connectivity index (χ2n) is 6.13. The summed E-state index contributed by atoms with van der Waals surface area (Å²) in [6.45, 7) is 3.81. The van der Waals surface area contributed by atoms with Gasteiger partial charge in [-0.25, -0.2) is 4.98 Å². The van der Waals surface area contributed by atoms with Crippen molar-refractivity contribution < 1.29 is 9.53 Å². The van der Waals surface area contributed by atoms with Gasteiger partial charge in [0, 0.05) is 44.6 Å². The number of hydrogen-bond acceptors (Lipinski definition) is 5. The monoisotopic (exact) mass is 304 g/mol. The van der Waals surface area contributed by atoms with E-state index < -0.39 is 0 Å². The maximum absolute atomic E-state index is 12.1. The summed E-state index contributed by atoms with van der Waals surface area (Å²) in [4.78, 5) is 22.7. The highest BCUT2D eigenvalue weighted by atomic mass is 16.5. The van der Waals surface area contributed by atoms with Crippen molar-refractivity contribution in [3.8, 4) is 0 Å². The molecule has 1 saturated heterocycles. The molecule has 1 aliphatic heterocycles. The zero-order chi connectivity index (χ0) is 15.2. The number of hydrogen-bond donors (Lipinski definition) is 1. The third kappa shape index (κ3) is 4.40. The van der Waals surface area contributed by atoms with E-state index in [1.54, 1.807) is 18.6 Å². The molecule has 0 unspecified atom stereocenters. The zero-order valence-corrected chi connectivity index (χ0v) is 12.9. The third-order valence-electron chi connectivity index (χ3n) is 4.34. The molecule has 2 fully saturated rings. The van der Waals surface area contributed by atoms with Crippen LogP contribution in [0.3, 0.4) is 0 Å². The molecular weight excluding hydrogens is 280 g/mol. The highest BCUT2D eigenvalue weighted by Gasteiger charge is 2.25. The van der Waals surface area contributed by atoms with Crippen molar-refractivity contribution in [2.75, 3.05) is 37.7 Å². The van der Waals surface area contributed by atoms with Gasteiger partial charge >= 0.3 is 0 Å². The van der Waals surface area contributed by atoms with Crippen molar-refractivity contribution in [2.45, 2.75) is 25.7 Å². The molecule has 22 heavy (non-hydrogen) atoms. The van der Waals surface area contributed by atoms with Crippen LogP contribution in [-0.4, -0.2) is 48.7 Å². The second-order valence-corrected chi connectivity index (χ2v) is 6.13. The second kappa shape index (κ2) is 7.54. The molecule has 0 aromatic carbocycles. The number of carbonyl (C=O) groups excluding carboxylic acids is 1. The number of carbonyl (C=O) groups is 1. The van der Waals surface area contributed by atoms with Gasteiger partial charge in [0.15, 0.2) is 0 Å². The van der Waals surface area contributed by atoms with Crippen molar-refractivity contribution in [1.82, 2.24) is 15.3 Å². The summed E-state index contributed by atoms with van der Waals surface area (Å²) < 4.78 is 5.53. The van der Waals surface area contributed by atoms with Gasteiger partial charge in [-0.15, -0.1) is 0 Å². The zero-order valence-electron chi connectivity index (χ0n) is 12.9. The molecule has 0 spiro atoms. The normalized spacial score (nSPS) is 19.2. The van der Waals surface area contributed by atoms with Crippen LogP contribution in [0.4, 0.5) is 5.82 Å². The molecular formula is C16H24N4O2. The fourth-order valence-electron chi connectivity index (χ4n) is 2.75. The van der Waals surface area contributed by atoms with E-state index in [2.05, 4.69) is 20.2 Å². The molecule has 2 heterocycles. The Labute approximate surface area is 131 Å². The molecule has 0 radical (unpaired) electrons. The largest absolute Gasteiger partial charge is 0.379 e. The van der Waals surface area contributed by atoms with Gasteiger partial charge in [0.25, 0.3) is 0 Å². The number of anilines is 1. The van der Waals surface area contributed by atoms with Gasteiger partial charge < -0.3 is 15.0 Å². The van der Waals surface area contributed by atoms with Gasteiger partial charge in [0.2, 0.25) is 5.91 Å². The number of aromatic nitrogens is 2. The number of amides is 1. The van der Waals surface area contributed by atoms with Crippen LogP contribution in [0.2, 0.25) is 0 Å². The summed E-state index contributed by atoms with van der Waals surface area (Å²) >= 11 is 0. The Morgan fingerprint density at radius 1 is 1.27 bits per heavy atom. The van der Waals surface area contributed by atoms with Crippen LogP contribution in [-0.2, 0) is 9.53 Å². The Hall–Kier alpha value is -1.69. The van der Waals surface area contributed by atoms with Crippen molar-refractivity contribution in [3.63, 3.8) is 0 Å². The molecule has 0 bridgehead atoms. The summed E-state index contributed by atoms with van der Waals surface area (Å²) in [7, 11) is 0. The third-order valence-corrected chi connectivity index (χ3v) is 4.34. The fraction of sp³-hybridized carbons (Fsp3) is 0.688. The maximum atomic E-state index is 12.1. The molecule has 2 aliphatic rings. The molecule has 1 N–H and O–H groups in total. The molecule has 1 amide bonds. The minimum atomic E-state index is 0.108. The Morgan fingerprint density at radius 3 is 2.77 bits per heavy atom. The summed E-state index contributed by atoms with van der Waals surface area (Å²) in [5, 5.41) is 2.99. The van der Waals surface area contributed by atoms with Crippen LogP contribution in [0, 0.1) is 11.8 Å². The first-order valence-electron chi connectivity index (χ1n) is 8.19. The molecule has 1 saturated carbocycles. The molecule has 1 aliphatic carbocycles. The van der Waals surface area contributed by atoms with Gasteiger partial charge in [-0.05, 0) is 31.6 Å². The smallest absolute Gasteiger partial charge is 0.223 e. The van der Waals surface area contributed by atoms with E-state index in [1.165, 1.54) is 12.8 Å². The van der Waals surface area contributed by atoms with E-state index >= 15 is 0 Å². The van der Waals surface area contributed by atoms with Gasteiger partial charge in [-0.2, -0.15) is 0 Å². The van der Waals surface area contributed by atoms with Crippen LogP contribution in [0.25, 0.3) is 0 Å². The minimum absolute atomic E-state index is 0.108. The van der Waals surface area contributed by atoms with E-state index in [4.69, 9.17) is 4.74 Å². The molecule has 3 rings (SSSR count). The van der Waals surface area contributed by atoms with Crippen LogP contribution in [0.1, 0.15) is 25.7 Å². The predicted octanol–water partition coefficient (Wildman–Crippen LogP) is 1.24. The van der Waals surface area contributed by atoms with Crippen LogP contribution >= 0.6 is 0 Å². The quantitative estimate of drug-likeness (QED) is 0.768. The Balaban J connectivity index is 1.32. The number of ether oxygens (including phenoxy) is 1. The average molecular weight is 304 g/mol. The standard InChI is InChI=1S/C16H24N4O2/c21-16(19-7-10-22-12-13-1-2-13)14-3-8-20(9-4-14)15-11-17-5-6-18-15/h5-6,11,13-14H,1-4,7-10,12H2,(H,19,21). The first kappa shape index (κ1) is 15.2. The van der Waals surface area contributed by atoms with Gasteiger partial charge in [0.1, 0.15) is 5.82 Å². The molecule has 6 heteroatoms. The summed E-state index contributed by atoms with van der Waals surface area (Å²) in [5.41, 5.74) is 0. The predicted molar refractivity (Wildman–Crippen MR) is 83.5 cm³/mol. The minimum Gasteiger partial charge on any atom is -0.379 e. The van der Waals surface area contributed by atoms with E-state index in [1.807, 2.05) is 0 Å². The highest BCUT2D eigenvalue weighted by molar-refractivity contribution is 5.78. The first-order valence-corrected chi connectivity index (χ1v) is 8.19. The molecule has 0 atom stereocenters. The van der Waals surface area contributed by atoms with E-state index in [9.17, 15) is 4.79 Å². The van der Waals surface area contributed by atoms with E-state index in [-0.39, 0.29) is 11.8 Å². The lowest BCUT2D eigenvalue weighted by molar-refractivity contribution is -0.125. The van der Waals surface area contributed by atoms with Crippen molar-refractivity contribution in [2.24, 2.45) is 11.8 Å². The van der Waals surface area contributed by atoms with Gasteiger partial charge in [0.05, 0.1) is 12.8 Å². The highest BCUT2D eigenvalue weighted by Crippen LogP contribution is 2.28. The maximum Gasteiger partial charge on any atom is 0.223 e. The molecule has 120 valence electrons. The van der Waals surface area contributed by atoms with Gasteiger partial charge in [-0.3, -0.25) is 9.78 Å². The lowest BCUT2D eigenvalue weighted by Crippen LogP contribution is -2.41. The number of rotatable bonds is 7. The summed E-state index contributed by atoms with van der Waals surface area (Å²) in [5.74, 6) is 1.95. The number of nitrogens with one attached hydrogen (secondary N) is 1. The van der Waals surface area contributed by atoms with Crippen LogP contribution < -0.4 is 10.2 Å². The average Bonchev–Trinajstić information content (AvgIpc) is 3.40. The SMILES string of the molecule is O=C(NCCOCC1CC1)C1CCN(c2cnccn2)CC1. The lowest BCUT2D eigenvalue weighted by Gasteiger charge is -2.31. The molecule has 1 aromatic heterocycles. The topological polar surface area (TPSA) is 67.3 Å². The van der Waals surface area contributed by atoms with Crippen molar-refractivity contribution in [3.05, 3.63) is 18.6 Å². The lowest BCUT2D eigenvalue weighted by atomic mass is 9.96. The number of piperidine rings is 1. The Bertz CT molecular complexity index is 470. The molecule has 6 nitrogen and oxygen atoms in total. The van der Waals surface area contributed by atoms with Crippen LogP contribution in [0.5, 0.6) is 0 Å². The summed E-state index contributed by atoms with van der Waals surface area (Å²) in [6, 6.07) is 0. The first-order chi connectivity index (χ1) is 10.8. The van der Waals surface area contributed by atoms with E-state index in [0.29, 0.717) is 13.2 Å². The van der Waals surface area contributed by atoms with Crippen LogP contribution in [0.15, 0.2) is 18.6 Å². The Morgan fingerprint density at radius 2 is 2.09 bits per heavy atom. The van der Waals surface area contributed by atoms with E-state index in [0.717, 1.165) is 44.3 Å². The summed E-state index contributed by atoms with van der Waals surface area (Å²) in [6.07, 6.45) is 9.49. The Kier molecular flexibility index (Phi) is 5.21.